The number of hydrogen-bond acceptors (Lipinski definition) is 4. The second-order valence-electron chi connectivity index (χ2n) is 6.62. The lowest BCUT2D eigenvalue weighted by atomic mass is 10.1. The summed E-state index contributed by atoms with van der Waals surface area (Å²) in [5, 5.41) is 13.2. The summed E-state index contributed by atoms with van der Waals surface area (Å²) >= 11 is 0. The third-order valence-electron chi connectivity index (χ3n) is 4.30. The van der Waals surface area contributed by atoms with Gasteiger partial charge < -0.3 is 10.1 Å². The molecule has 0 radical (unpaired) electrons. The molecule has 1 amide bonds. The van der Waals surface area contributed by atoms with Gasteiger partial charge in [0.1, 0.15) is 24.6 Å². The first kappa shape index (κ1) is 17.7. The molecule has 1 aromatic heterocycles. The number of nitrogens with zero attached hydrogens (tertiary/aromatic N) is 3. The normalized spacial score (nSPS) is 10.8. The van der Waals surface area contributed by atoms with Crippen molar-refractivity contribution in [2.24, 2.45) is 0 Å². The van der Waals surface area contributed by atoms with Crippen LogP contribution in [0.3, 0.4) is 0 Å². The van der Waals surface area contributed by atoms with Crippen molar-refractivity contribution in [1.29, 1.82) is 0 Å². The molecule has 28 heavy (non-hydrogen) atoms. The molecule has 1 heterocycles. The standard InChI is InChI=1S/C22H20N4O2/c1-16-5-4-8-19(11-16)23-22(27)14-26-13-20(24-25-26)15-28-21-10-9-17-6-2-3-7-18(17)12-21/h2-13H,14-15H2,1H3,(H,23,27). The van der Waals surface area contributed by atoms with Crippen LogP contribution in [0.1, 0.15) is 11.3 Å². The van der Waals surface area contributed by atoms with Gasteiger partial charge in [0, 0.05) is 5.69 Å². The van der Waals surface area contributed by atoms with Gasteiger partial charge in [-0.05, 0) is 47.5 Å². The van der Waals surface area contributed by atoms with Gasteiger partial charge in [-0.25, -0.2) is 4.68 Å². The van der Waals surface area contributed by atoms with Gasteiger partial charge in [-0.3, -0.25) is 4.79 Å². The molecule has 0 fully saturated rings. The number of ether oxygens (including phenoxy) is 1. The van der Waals surface area contributed by atoms with E-state index in [2.05, 4.69) is 21.7 Å². The third-order valence-corrected chi connectivity index (χ3v) is 4.30. The summed E-state index contributed by atoms with van der Waals surface area (Å²) in [6, 6.07) is 21.7. The summed E-state index contributed by atoms with van der Waals surface area (Å²) in [6.45, 7) is 2.36. The highest BCUT2D eigenvalue weighted by Gasteiger charge is 2.08. The van der Waals surface area contributed by atoms with E-state index in [-0.39, 0.29) is 19.1 Å². The topological polar surface area (TPSA) is 69.0 Å². The number of carbonyl (C=O) groups excluding carboxylic acids is 1. The molecule has 0 atom stereocenters. The molecule has 0 aliphatic carbocycles. The van der Waals surface area contributed by atoms with Crippen molar-refractivity contribution in [3.05, 3.63) is 84.2 Å². The van der Waals surface area contributed by atoms with Crippen LogP contribution in [0.25, 0.3) is 10.8 Å². The molecule has 3 aromatic carbocycles. The van der Waals surface area contributed by atoms with E-state index in [1.165, 1.54) is 10.1 Å². The number of anilines is 1. The molecular weight excluding hydrogens is 352 g/mol. The molecule has 6 nitrogen and oxygen atoms in total. The fourth-order valence-corrected chi connectivity index (χ4v) is 2.97. The fraction of sp³-hybridized carbons (Fsp3) is 0.136. The molecule has 4 aromatic rings. The monoisotopic (exact) mass is 372 g/mol. The number of amides is 1. The molecule has 0 spiro atoms. The molecule has 0 saturated carbocycles. The van der Waals surface area contributed by atoms with Crippen LogP contribution in [-0.4, -0.2) is 20.9 Å². The molecule has 1 N–H and O–H groups in total. The van der Waals surface area contributed by atoms with Crippen LogP contribution < -0.4 is 10.1 Å². The molecule has 140 valence electrons. The summed E-state index contributed by atoms with van der Waals surface area (Å²) in [6.07, 6.45) is 1.72. The summed E-state index contributed by atoms with van der Waals surface area (Å²) in [5.41, 5.74) is 2.52. The van der Waals surface area contributed by atoms with Gasteiger partial charge in [0.2, 0.25) is 5.91 Å². The Morgan fingerprint density at radius 3 is 2.75 bits per heavy atom. The zero-order chi connectivity index (χ0) is 19.3. The highest BCUT2D eigenvalue weighted by molar-refractivity contribution is 5.90. The number of nitrogens with one attached hydrogen (secondary N) is 1. The number of aromatic nitrogens is 3. The first-order valence-corrected chi connectivity index (χ1v) is 9.03. The number of fused-ring (bicyclic) bond motifs is 1. The summed E-state index contributed by atoms with van der Waals surface area (Å²) < 4.78 is 7.32. The Hall–Kier alpha value is -3.67. The van der Waals surface area contributed by atoms with Crippen LogP contribution in [0.2, 0.25) is 0 Å². The second-order valence-corrected chi connectivity index (χ2v) is 6.62. The zero-order valence-corrected chi connectivity index (χ0v) is 15.5. The van der Waals surface area contributed by atoms with Crippen LogP contribution in [-0.2, 0) is 17.9 Å². The van der Waals surface area contributed by atoms with Gasteiger partial charge in [-0.1, -0.05) is 47.7 Å². The first-order valence-electron chi connectivity index (χ1n) is 9.03. The molecule has 0 aliphatic heterocycles. The Labute approximate surface area is 162 Å². The Morgan fingerprint density at radius 2 is 1.89 bits per heavy atom. The minimum absolute atomic E-state index is 0.0942. The van der Waals surface area contributed by atoms with E-state index in [1.54, 1.807) is 6.20 Å². The summed E-state index contributed by atoms with van der Waals surface area (Å²) in [7, 11) is 0. The van der Waals surface area contributed by atoms with E-state index < -0.39 is 0 Å². The molecule has 4 rings (SSSR count). The minimum atomic E-state index is -0.155. The van der Waals surface area contributed by atoms with Crippen LogP contribution in [0.4, 0.5) is 5.69 Å². The minimum Gasteiger partial charge on any atom is -0.487 e. The maximum absolute atomic E-state index is 12.2. The summed E-state index contributed by atoms with van der Waals surface area (Å²) in [5.74, 6) is 0.614. The highest BCUT2D eigenvalue weighted by Crippen LogP contribution is 2.21. The molecule has 0 unspecified atom stereocenters. The van der Waals surface area contributed by atoms with Crippen molar-refractivity contribution in [1.82, 2.24) is 15.0 Å². The largest absolute Gasteiger partial charge is 0.487 e. The maximum Gasteiger partial charge on any atom is 0.246 e. The lowest BCUT2D eigenvalue weighted by Crippen LogP contribution is -2.19. The van der Waals surface area contributed by atoms with E-state index in [9.17, 15) is 4.79 Å². The van der Waals surface area contributed by atoms with Gasteiger partial charge in [0.15, 0.2) is 0 Å². The predicted molar refractivity (Wildman–Crippen MR) is 108 cm³/mol. The van der Waals surface area contributed by atoms with Gasteiger partial charge in [-0.2, -0.15) is 0 Å². The van der Waals surface area contributed by atoms with Crippen LogP contribution in [0, 0.1) is 6.92 Å². The van der Waals surface area contributed by atoms with E-state index in [0.29, 0.717) is 5.69 Å². The quantitative estimate of drug-likeness (QED) is 0.556. The number of hydrogen-bond donors (Lipinski definition) is 1. The van der Waals surface area contributed by atoms with Crippen molar-refractivity contribution in [3.8, 4) is 5.75 Å². The third kappa shape index (κ3) is 4.35. The van der Waals surface area contributed by atoms with Crippen molar-refractivity contribution in [2.75, 3.05) is 5.32 Å². The van der Waals surface area contributed by atoms with Gasteiger partial charge >= 0.3 is 0 Å². The summed E-state index contributed by atoms with van der Waals surface area (Å²) in [4.78, 5) is 12.2. The number of carbonyl (C=O) groups is 1. The Bertz CT molecular complexity index is 1120. The Kier molecular flexibility index (Phi) is 5.01. The number of aryl methyl sites for hydroxylation is 1. The smallest absolute Gasteiger partial charge is 0.246 e. The van der Waals surface area contributed by atoms with Crippen molar-refractivity contribution < 1.29 is 9.53 Å². The molecule has 0 aliphatic rings. The zero-order valence-electron chi connectivity index (χ0n) is 15.5. The molecule has 0 saturated heterocycles. The van der Waals surface area contributed by atoms with E-state index in [4.69, 9.17) is 4.74 Å². The van der Waals surface area contributed by atoms with Crippen LogP contribution in [0.15, 0.2) is 72.9 Å². The molecule has 6 heteroatoms. The molecule has 0 bridgehead atoms. The van der Waals surface area contributed by atoms with Gasteiger partial charge in [0.05, 0.1) is 6.20 Å². The Balaban J connectivity index is 1.34. The van der Waals surface area contributed by atoms with E-state index in [0.717, 1.165) is 22.4 Å². The van der Waals surface area contributed by atoms with Crippen LogP contribution >= 0.6 is 0 Å². The van der Waals surface area contributed by atoms with E-state index >= 15 is 0 Å². The fourth-order valence-electron chi connectivity index (χ4n) is 2.97. The van der Waals surface area contributed by atoms with E-state index in [1.807, 2.05) is 67.6 Å². The molecular formula is C22H20N4O2. The first-order chi connectivity index (χ1) is 13.7. The highest BCUT2D eigenvalue weighted by atomic mass is 16.5. The number of benzene rings is 3. The lowest BCUT2D eigenvalue weighted by Gasteiger charge is -2.06. The average Bonchev–Trinajstić information content (AvgIpc) is 3.13. The predicted octanol–water partition coefficient (Wildman–Crippen LogP) is 3.96. The lowest BCUT2D eigenvalue weighted by molar-refractivity contribution is -0.116. The Morgan fingerprint density at radius 1 is 1.04 bits per heavy atom. The number of rotatable bonds is 6. The van der Waals surface area contributed by atoms with Crippen molar-refractivity contribution in [2.45, 2.75) is 20.1 Å². The van der Waals surface area contributed by atoms with Gasteiger partial charge in [0.25, 0.3) is 0 Å². The SMILES string of the molecule is Cc1cccc(NC(=O)Cn2cc(COc3ccc4ccccc4c3)nn2)c1. The van der Waals surface area contributed by atoms with Crippen molar-refractivity contribution in [3.63, 3.8) is 0 Å². The average molecular weight is 372 g/mol. The second kappa shape index (κ2) is 7.92. The van der Waals surface area contributed by atoms with Gasteiger partial charge in [-0.15, -0.1) is 5.10 Å². The van der Waals surface area contributed by atoms with Crippen LogP contribution in [0.5, 0.6) is 5.75 Å². The maximum atomic E-state index is 12.2. The van der Waals surface area contributed by atoms with Crippen molar-refractivity contribution >= 4 is 22.4 Å².